The Kier molecular flexibility index (Phi) is 7.78. The summed E-state index contributed by atoms with van der Waals surface area (Å²) in [4.78, 5) is 17.6. The molecule has 1 aromatic carbocycles. The predicted molar refractivity (Wildman–Crippen MR) is 107 cm³/mol. The van der Waals surface area contributed by atoms with Crippen molar-refractivity contribution in [1.29, 1.82) is 0 Å². The van der Waals surface area contributed by atoms with Crippen LogP contribution in [0.2, 0.25) is 0 Å². The average Bonchev–Trinajstić information content (AvgIpc) is 2.71. The van der Waals surface area contributed by atoms with Crippen LogP contribution in [0.25, 0.3) is 0 Å². The molecule has 3 rings (SSSR count). The number of carbonyl (C=O) groups is 1. The smallest absolute Gasteiger partial charge is 0.322 e. The Balaban J connectivity index is 1.66. The topological polar surface area (TPSA) is 54.0 Å². The zero-order chi connectivity index (χ0) is 18.9. The van der Waals surface area contributed by atoms with E-state index in [9.17, 15) is 4.79 Å². The number of likely N-dealkylation sites (tertiary alicyclic amines) is 1. The van der Waals surface area contributed by atoms with E-state index >= 15 is 0 Å². The Bertz CT molecular complexity index is 584. The number of rotatable bonds is 7. The molecule has 0 bridgehead atoms. The van der Waals surface area contributed by atoms with Crippen molar-refractivity contribution in [3.63, 3.8) is 0 Å². The Morgan fingerprint density at radius 2 is 1.96 bits per heavy atom. The van der Waals surface area contributed by atoms with Gasteiger partial charge in [-0.05, 0) is 57.8 Å². The van der Waals surface area contributed by atoms with Crippen LogP contribution in [-0.2, 0) is 4.74 Å². The first-order valence-electron chi connectivity index (χ1n) is 10.4. The van der Waals surface area contributed by atoms with E-state index in [0.29, 0.717) is 6.61 Å². The van der Waals surface area contributed by atoms with Crippen LogP contribution in [0, 0.1) is 0 Å². The van der Waals surface area contributed by atoms with E-state index in [1.807, 2.05) is 36.1 Å². The minimum atomic E-state index is -0.0361. The summed E-state index contributed by atoms with van der Waals surface area (Å²) in [5.74, 6) is 0.719. The fourth-order valence-electron chi connectivity index (χ4n) is 3.92. The molecule has 0 aromatic heterocycles. The normalized spacial score (nSPS) is 18.9. The van der Waals surface area contributed by atoms with Gasteiger partial charge in [0.25, 0.3) is 0 Å². The second kappa shape index (κ2) is 10.5. The molecule has 2 heterocycles. The second-order valence-corrected chi connectivity index (χ2v) is 7.30. The summed E-state index contributed by atoms with van der Waals surface area (Å²) >= 11 is 0. The summed E-state index contributed by atoms with van der Waals surface area (Å²) in [6.07, 6.45) is 5.67. The number of hydrogen-bond acceptors (Lipinski definition) is 4. The molecule has 150 valence electrons. The van der Waals surface area contributed by atoms with Crippen molar-refractivity contribution in [2.75, 3.05) is 51.3 Å². The van der Waals surface area contributed by atoms with E-state index in [0.717, 1.165) is 63.7 Å². The van der Waals surface area contributed by atoms with Crippen molar-refractivity contribution in [1.82, 2.24) is 9.80 Å². The van der Waals surface area contributed by atoms with Crippen molar-refractivity contribution in [2.45, 2.75) is 45.1 Å². The van der Waals surface area contributed by atoms with Crippen molar-refractivity contribution < 1.29 is 14.3 Å². The molecule has 2 saturated heterocycles. The zero-order valence-electron chi connectivity index (χ0n) is 16.5. The number of piperidine rings is 1. The number of benzene rings is 1. The molecule has 2 aliphatic rings. The third-order valence-electron chi connectivity index (χ3n) is 5.43. The number of para-hydroxylation sites is 2. The number of carbonyl (C=O) groups excluding carboxylic acids is 1. The van der Waals surface area contributed by atoms with Crippen LogP contribution in [0.15, 0.2) is 24.3 Å². The minimum Gasteiger partial charge on any atom is -0.492 e. The van der Waals surface area contributed by atoms with Crippen molar-refractivity contribution in [3.05, 3.63) is 24.3 Å². The van der Waals surface area contributed by atoms with Crippen molar-refractivity contribution >= 4 is 11.7 Å². The average molecular weight is 376 g/mol. The molecule has 6 nitrogen and oxygen atoms in total. The Hall–Kier alpha value is -1.79. The fourth-order valence-corrected chi connectivity index (χ4v) is 3.92. The lowest BCUT2D eigenvalue weighted by molar-refractivity contribution is 0.0447. The lowest BCUT2D eigenvalue weighted by atomic mass is 10.1. The lowest BCUT2D eigenvalue weighted by Gasteiger charge is -2.36. The van der Waals surface area contributed by atoms with Gasteiger partial charge < -0.3 is 24.6 Å². The van der Waals surface area contributed by atoms with Gasteiger partial charge in [0.15, 0.2) is 0 Å². The summed E-state index contributed by atoms with van der Waals surface area (Å²) in [6.45, 7) is 7.98. The maximum Gasteiger partial charge on any atom is 0.322 e. The van der Waals surface area contributed by atoms with Crippen molar-refractivity contribution in [2.24, 2.45) is 0 Å². The molecule has 1 N–H and O–H groups in total. The molecular weight excluding hydrogens is 342 g/mol. The number of nitrogens with zero attached hydrogens (tertiary/aromatic N) is 2. The van der Waals surface area contributed by atoms with E-state index in [2.05, 4.69) is 10.2 Å². The van der Waals surface area contributed by atoms with E-state index < -0.39 is 0 Å². The first-order valence-corrected chi connectivity index (χ1v) is 10.4. The van der Waals surface area contributed by atoms with Gasteiger partial charge >= 0.3 is 6.03 Å². The largest absolute Gasteiger partial charge is 0.492 e. The van der Waals surface area contributed by atoms with Crippen molar-refractivity contribution in [3.8, 4) is 5.75 Å². The molecule has 2 aliphatic heterocycles. The molecular formula is C21H33N3O3. The molecule has 0 unspecified atom stereocenters. The van der Waals surface area contributed by atoms with E-state index in [1.165, 1.54) is 19.3 Å². The molecule has 2 fully saturated rings. The fraction of sp³-hybridized carbons (Fsp3) is 0.667. The first kappa shape index (κ1) is 20.0. The van der Waals surface area contributed by atoms with Crippen LogP contribution in [0.5, 0.6) is 5.75 Å². The van der Waals surface area contributed by atoms with Gasteiger partial charge in [-0.15, -0.1) is 0 Å². The number of amides is 2. The van der Waals surface area contributed by atoms with Crippen LogP contribution in [0.1, 0.15) is 39.0 Å². The van der Waals surface area contributed by atoms with Gasteiger partial charge in [-0.25, -0.2) is 4.79 Å². The predicted octanol–water partition coefficient (Wildman–Crippen LogP) is 3.58. The van der Waals surface area contributed by atoms with Crippen LogP contribution < -0.4 is 10.1 Å². The first-order chi connectivity index (χ1) is 13.3. The summed E-state index contributed by atoms with van der Waals surface area (Å²) in [5.41, 5.74) is 0.736. The Morgan fingerprint density at radius 1 is 1.22 bits per heavy atom. The monoisotopic (exact) mass is 375 g/mol. The highest BCUT2D eigenvalue weighted by Gasteiger charge is 2.27. The quantitative estimate of drug-likeness (QED) is 0.791. The molecule has 27 heavy (non-hydrogen) atoms. The third-order valence-corrected chi connectivity index (χ3v) is 5.43. The lowest BCUT2D eigenvalue weighted by Crippen LogP contribution is -2.49. The molecule has 0 spiro atoms. The van der Waals surface area contributed by atoms with Gasteiger partial charge in [0.1, 0.15) is 5.75 Å². The van der Waals surface area contributed by atoms with Gasteiger partial charge in [-0.3, -0.25) is 0 Å². The molecule has 0 saturated carbocycles. The van der Waals surface area contributed by atoms with Crippen LogP contribution in [0.3, 0.4) is 0 Å². The number of nitrogens with one attached hydrogen (secondary N) is 1. The molecule has 0 radical (unpaired) electrons. The highest BCUT2D eigenvalue weighted by atomic mass is 16.5. The number of hydrogen-bond donors (Lipinski definition) is 1. The number of ether oxygens (including phenoxy) is 2. The highest BCUT2D eigenvalue weighted by molar-refractivity contribution is 5.91. The minimum absolute atomic E-state index is 0.0361. The van der Waals surface area contributed by atoms with Crippen LogP contribution >= 0.6 is 0 Å². The van der Waals surface area contributed by atoms with Gasteiger partial charge in [0.2, 0.25) is 0 Å². The SMILES string of the molecule is CCOc1ccccc1NC(=O)N(CCN1CCCCC1)C1CCOCC1. The Labute approximate surface area is 162 Å². The highest BCUT2D eigenvalue weighted by Crippen LogP contribution is 2.25. The summed E-state index contributed by atoms with van der Waals surface area (Å²) in [7, 11) is 0. The maximum atomic E-state index is 13.1. The van der Waals surface area contributed by atoms with Crippen LogP contribution in [0.4, 0.5) is 10.5 Å². The Morgan fingerprint density at radius 3 is 2.70 bits per heavy atom. The molecule has 6 heteroatoms. The maximum absolute atomic E-state index is 13.1. The zero-order valence-corrected chi connectivity index (χ0v) is 16.5. The van der Waals surface area contributed by atoms with Gasteiger partial charge in [-0.1, -0.05) is 18.6 Å². The number of urea groups is 1. The third kappa shape index (κ3) is 5.84. The summed E-state index contributed by atoms with van der Waals surface area (Å²) < 4.78 is 11.2. The molecule has 2 amide bonds. The van der Waals surface area contributed by atoms with Crippen LogP contribution in [-0.4, -0.2) is 67.9 Å². The van der Waals surface area contributed by atoms with E-state index in [-0.39, 0.29) is 12.1 Å². The molecule has 1 aromatic rings. The van der Waals surface area contributed by atoms with Gasteiger partial charge in [0, 0.05) is 32.3 Å². The summed E-state index contributed by atoms with van der Waals surface area (Å²) in [6, 6.07) is 7.84. The van der Waals surface area contributed by atoms with Gasteiger partial charge in [-0.2, -0.15) is 0 Å². The van der Waals surface area contributed by atoms with E-state index in [1.54, 1.807) is 0 Å². The molecule has 0 aliphatic carbocycles. The standard InChI is InChI=1S/C21H33N3O3/c1-2-27-20-9-5-4-8-19(20)22-21(25)24(18-10-16-26-17-11-18)15-14-23-12-6-3-7-13-23/h4-5,8-9,18H,2-3,6-7,10-17H2,1H3,(H,22,25). The number of anilines is 1. The summed E-state index contributed by atoms with van der Waals surface area (Å²) in [5, 5.41) is 3.08. The molecule has 0 atom stereocenters. The van der Waals surface area contributed by atoms with Gasteiger partial charge in [0.05, 0.1) is 12.3 Å². The second-order valence-electron chi connectivity index (χ2n) is 7.30. The van der Waals surface area contributed by atoms with E-state index in [4.69, 9.17) is 9.47 Å².